The number of rotatable bonds is 1. The van der Waals surface area contributed by atoms with Crippen LogP contribution in [0.15, 0.2) is 23.5 Å². The van der Waals surface area contributed by atoms with Gasteiger partial charge in [0.15, 0.2) is 11.6 Å². The second-order valence-corrected chi connectivity index (χ2v) is 2.17. The highest BCUT2D eigenvalue weighted by atomic mass is 19.1. The van der Waals surface area contributed by atoms with Crippen LogP contribution in [0.5, 0.6) is 0 Å². The van der Waals surface area contributed by atoms with E-state index in [1.165, 1.54) is 12.2 Å². The fourth-order valence-electron chi connectivity index (χ4n) is 0.816. The number of allylic oxidation sites excluding steroid dienone is 4. The lowest BCUT2D eigenvalue weighted by Gasteiger charge is -2.06. The molecule has 0 heterocycles. The molecule has 0 bridgehead atoms. The number of carbonyl (C=O) groups excluding carboxylic acids is 1. The molecule has 0 aromatic rings. The van der Waals surface area contributed by atoms with Crippen molar-refractivity contribution >= 4 is 12.9 Å². The van der Waals surface area contributed by atoms with Crippen molar-refractivity contribution in [2.45, 2.75) is 6.42 Å². The lowest BCUT2D eigenvalue weighted by Crippen LogP contribution is -2.19. The van der Waals surface area contributed by atoms with E-state index in [9.17, 15) is 9.18 Å². The predicted molar refractivity (Wildman–Crippen MR) is 37.1 cm³/mol. The molecule has 0 fully saturated rings. The zero-order chi connectivity index (χ0) is 8.43. The van der Waals surface area contributed by atoms with Gasteiger partial charge in [-0.2, -0.15) is 0 Å². The molecule has 0 aromatic carbocycles. The van der Waals surface area contributed by atoms with Crippen molar-refractivity contribution in [2.24, 2.45) is 0 Å². The van der Waals surface area contributed by atoms with Gasteiger partial charge in [-0.1, -0.05) is 12.2 Å². The Labute approximate surface area is 63.0 Å². The molecule has 11 heavy (non-hydrogen) atoms. The summed E-state index contributed by atoms with van der Waals surface area (Å²) in [6.45, 7) is 0. The number of halogens is 1. The normalized spacial score (nSPS) is 17.5. The second kappa shape index (κ2) is 2.98. The van der Waals surface area contributed by atoms with E-state index in [0.29, 0.717) is 0 Å². The second-order valence-electron chi connectivity index (χ2n) is 2.17. The van der Waals surface area contributed by atoms with Crippen LogP contribution in [0.3, 0.4) is 0 Å². The highest BCUT2D eigenvalue weighted by molar-refractivity contribution is 6.53. The minimum Gasteiger partial charge on any atom is -0.423 e. The predicted octanol–water partition coefficient (Wildman–Crippen LogP) is -0.249. The largest absolute Gasteiger partial charge is 0.491 e. The molecule has 0 aromatic heterocycles. The standard InChI is InChI=1S/C6H6BFO3/c8-6-4(7(10)11)2-1-3-5(6)9/h1-2,10-11H,3H2. The molecule has 58 valence electrons. The monoisotopic (exact) mass is 156 g/mol. The highest BCUT2D eigenvalue weighted by Crippen LogP contribution is 2.17. The Bertz CT molecular complexity index is 244. The van der Waals surface area contributed by atoms with Gasteiger partial charge in [0.2, 0.25) is 0 Å². The average Bonchev–Trinajstić information content (AvgIpc) is 1.94. The van der Waals surface area contributed by atoms with Crippen molar-refractivity contribution in [1.29, 1.82) is 0 Å². The Morgan fingerprint density at radius 1 is 1.55 bits per heavy atom. The number of hydrogen-bond acceptors (Lipinski definition) is 3. The van der Waals surface area contributed by atoms with E-state index in [0.717, 1.165) is 0 Å². The van der Waals surface area contributed by atoms with Gasteiger partial charge in [-0.15, -0.1) is 0 Å². The zero-order valence-electron chi connectivity index (χ0n) is 5.62. The van der Waals surface area contributed by atoms with E-state index in [-0.39, 0.29) is 11.9 Å². The maximum absolute atomic E-state index is 12.7. The first-order valence-electron chi connectivity index (χ1n) is 3.08. The molecule has 0 radical (unpaired) electrons. The van der Waals surface area contributed by atoms with Crippen molar-refractivity contribution in [3.63, 3.8) is 0 Å². The van der Waals surface area contributed by atoms with Gasteiger partial charge in [0.05, 0.1) is 0 Å². The summed E-state index contributed by atoms with van der Waals surface area (Å²) in [5.74, 6) is -1.77. The summed E-state index contributed by atoms with van der Waals surface area (Å²) < 4.78 is 12.7. The van der Waals surface area contributed by atoms with Gasteiger partial charge in [-0.3, -0.25) is 4.79 Å². The molecule has 1 aliphatic rings. The summed E-state index contributed by atoms with van der Waals surface area (Å²) >= 11 is 0. The first-order valence-corrected chi connectivity index (χ1v) is 3.08. The SMILES string of the molecule is O=C1CC=CC(B(O)O)=C1F. The van der Waals surface area contributed by atoms with Crippen molar-refractivity contribution < 1.29 is 19.2 Å². The molecule has 0 aliphatic heterocycles. The van der Waals surface area contributed by atoms with E-state index in [4.69, 9.17) is 10.0 Å². The van der Waals surface area contributed by atoms with Crippen LogP contribution in [-0.2, 0) is 4.79 Å². The molecule has 0 saturated carbocycles. The van der Waals surface area contributed by atoms with E-state index in [2.05, 4.69) is 0 Å². The summed E-state index contributed by atoms with van der Waals surface area (Å²) in [5, 5.41) is 17.0. The minimum absolute atomic E-state index is 0.0119. The Morgan fingerprint density at radius 3 is 2.64 bits per heavy atom. The maximum atomic E-state index is 12.7. The molecular formula is C6H6BFO3. The number of hydrogen-bond donors (Lipinski definition) is 2. The van der Waals surface area contributed by atoms with Gasteiger partial charge >= 0.3 is 7.12 Å². The van der Waals surface area contributed by atoms with Gasteiger partial charge in [-0.25, -0.2) is 4.39 Å². The number of ketones is 1. The topological polar surface area (TPSA) is 57.5 Å². The van der Waals surface area contributed by atoms with E-state index < -0.39 is 18.7 Å². The van der Waals surface area contributed by atoms with Crippen LogP contribution in [-0.4, -0.2) is 22.9 Å². The molecule has 3 nitrogen and oxygen atoms in total. The molecule has 5 heteroatoms. The smallest absolute Gasteiger partial charge is 0.423 e. The Kier molecular flexibility index (Phi) is 2.21. The molecule has 0 amide bonds. The van der Waals surface area contributed by atoms with E-state index in [1.807, 2.05) is 0 Å². The Hall–Kier alpha value is -0.935. The maximum Gasteiger partial charge on any atom is 0.491 e. The highest BCUT2D eigenvalue weighted by Gasteiger charge is 2.24. The molecule has 2 N–H and O–H groups in total. The quantitative estimate of drug-likeness (QED) is 0.514. The Morgan fingerprint density at radius 2 is 2.18 bits per heavy atom. The molecule has 1 rings (SSSR count). The minimum atomic E-state index is -1.91. The third kappa shape index (κ3) is 1.55. The van der Waals surface area contributed by atoms with Crippen LogP contribution in [0.2, 0.25) is 0 Å². The molecule has 0 atom stereocenters. The van der Waals surface area contributed by atoms with Crippen molar-refractivity contribution in [2.75, 3.05) is 0 Å². The summed E-state index contributed by atoms with van der Waals surface area (Å²) in [4.78, 5) is 10.6. The van der Waals surface area contributed by atoms with E-state index >= 15 is 0 Å². The molecule has 0 spiro atoms. The van der Waals surface area contributed by atoms with E-state index in [1.54, 1.807) is 0 Å². The van der Waals surface area contributed by atoms with Gasteiger partial charge < -0.3 is 10.0 Å². The molecule has 0 unspecified atom stereocenters. The first-order chi connectivity index (χ1) is 5.13. The van der Waals surface area contributed by atoms with Crippen molar-refractivity contribution in [1.82, 2.24) is 0 Å². The summed E-state index contributed by atoms with van der Waals surface area (Å²) in [6, 6.07) is 0. The summed E-state index contributed by atoms with van der Waals surface area (Å²) in [5.41, 5.74) is -0.360. The first kappa shape index (κ1) is 8.16. The van der Waals surface area contributed by atoms with Crippen molar-refractivity contribution in [3.05, 3.63) is 23.5 Å². The summed E-state index contributed by atoms with van der Waals surface area (Å²) in [6.07, 6.45) is 2.57. The van der Waals surface area contributed by atoms with Crippen LogP contribution < -0.4 is 0 Å². The van der Waals surface area contributed by atoms with Crippen LogP contribution in [0.1, 0.15) is 6.42 Å². The molecule has 1 aliphatic carbocycles. The lowest BCUT2D eigenvalue weighted by molar-refractivity contribution is -0.116. The average molecular weight is 156 g/mol. The molecule has 0 saturated heterocycles. The zero-order valence-corrected chi connectivity index (χ0v) is 5.62. The van der Waals surface area contributed by atoms with Crippen LogP contribution >= 0.6 is 0 Å². The fourth-order valence-corrected chi connectivity index (χ4v) is 0.816. The van der Waals surface area contributed by atoms with Gasteiger partial charge in [0.1, 0.15) is 0 Å². The van der Waals surface area contributed by atoms with Gasteiger partial charge in [-0.05, 0) is 0 Å². The fraction of sp³-hybridized carbons (Fsp3) is 0.167. The van der Waals surface area contributed by atoms with Gasteiger partial charge in [0.25, 0.3) is 0 Å². The third-order valence-corrected chi connectivity index (χ3v) is 1.38. The van der Waals surface area contributed by atoms with Crippen LogP contribution in [0, 0.1) is 0 Å². The number of Topliss-reactive ketones (excluding diaryl/α,β-unsaturated/α-hetero) is 1. The van der Waals surface area contributed by atoms with Crippen LogP contribution in [0.4, 0.5) is 4.39 Å². The Balaban J connectivity index is 2.98. The van der Waals surface area contributed by atoms with Gasteiger partial charge in [0, 0.05) is 11.9 Å². The molecular weight excluding hydrogens is 150 g/mol. The van der Waals surface area contributed by atoms with Crippen LogP contribution in [0.25, 0.3) is 0 Å². The van der Waals surface area contributed by atoms with Crippen molar-refractivity contribution in [3.8, 4) is 0 Å². The summed E-state index contributed by atoms with van der Waals surface area (Å²) in [7, 11) is -1.91. The number of carbonyl (C=O) groups is 1. The lowest BCUT2D eigenvalue weighted by atomic mass is 9.76. The third-order valence-electron chi connectivity index (χ3n) is 1.38.